The fraction of sp³-hybridized carbons (Fsp3) is 0.217. The van der Waals surface area contributed by atoms with Crippen LogP contribution in [0.5, 0.6) is 5.75 Å². The van der Waals surface area contributed by atoms with Crippen molar-refractivity contribution in [3.8, 4) is 11.4 Å². The lowest BCUT2D eigenvalue weighted by atomic mass is 10.1. The van der Waals surface area contributed by atoms with Crippen molar-refractivity contribution in [2.45, 2.75) is 26.8 Å². The quantitative estimate of drug-likeness (QED) is 0.620. The van der Waals surface area contributed by atoms with Gasteiger partial charge in [-0.25, -0.2) is 4.68 Å². The van der Waals surface area contributed by atoms with Crippen LogP contribution in [0.4, 0.5) is 0 Å². The Balaban J connectivity index is 1.63. The fourth-order valence-electron chi connectivity index (χ4n) is 3.03. The van der Waals surface area contributed by atoms with Crippen molar-refractivity contribution in [2.24, 2.45) is 0 Å². The fourth-order valence-corrected chi connectivity index (χ4v) is 3.03. The second-order valence-corrected chi connectivity index (χ2v) is 6.50. The lowest BCUT2D eigenvalue weighted by Gasteiger charge is -2.13. The Bertz CT molecular complexity index is 944. The number of ether oxygens (including phenoxy) is 1. The SMILES string of the molecule is CCOc1ccc(/C=C/C(=O)N[C@@H](C)c2cnn(-c3ccccc3)c2C)cc1. The smallest absolute Gasteiger partial charge is 0.244 e. The van der Waals surface area contributed by atoms with Gasteiger partial charge in [0.1, 0.15) is 5.75 Å². The third-order valence-electron chi connectivity index (χ3n) is 4.49. The molecule has 5 nitrogen and oxygen atoms in total. The summed E-state index contributed by atoms with van der Waals surface area (Å²) < 4.78 is 7.30. The molecule has 0 radical (unpaired) electrons. The zero-order valence-electron chi connectivity index (χ0n) is 16.4. The van der Waals surface area contributed by atoms with Crippen LogP contribution >= 0.6 is 0 Å². The van der Waals surface area contributed by atoms with Gasteiger partial charge in [-0.2, -0.15) is 5.10 Å². The monoisotopic (exact) mass is 375 g/mol. The van der Waals surface area contributed by atoms with E-state index in [1.54, 1.807) is 12.2 Å². The van der Waals surface area contributed by atoms with Crippen molar-refractivity contribution in [1.82, 2.24) is 15.1 Å². The van der Waals surface area contributed by atoms with Crippen LogP contribution in [0.15, 0.2) is 66.9 Å². The van der Waals surface area contributed by atoms with Gasteiger partial charge in [-0.1, -0.05) is 30.3 Å². The molecule has 1 atom stereocenters. The van der Waals surface area contributed by atoms with Crippen molar-refractivity contribution in [3.63, 3.8) is 0 Å². The molecular weight excluding hydrogens is 350 g/mol. The van der Waals surface area contributed by atoms with Crippen molar-refractivity contribution in [3.05, 3.63) is 83.7 Å². The van der Waals surface area contributed by atoms with Crippen molar-refractivity contribution in [1.29, 1.82) is 0 Å². The molecule has 0 fully saturated rings. The summed E-state index contributed by atoms with van der Waals surface area (Å²) in [5.41, 5.74) is 3.95. The summed E-state index contributed by atoms with van der Waals surface area (Å²) in [6.07, 6.45) is 5.14. The van der Waals surface area contributed by atoms with Gasteiger partial charge >= 0.3 is 0 Å². The van der Waals surface area contributed by atoms with Gasteiger partial charge in [0.05, 0.1) is 24.5 Å². The van der Waals surface area contributed by atoms with Gasteiger partial charge in [-0.15, -0.1) is 0 Å². The van der Waals surface area contributed by atoms with E-state index in [-0.39, 0.29) is 11.9 Å². The van der Waals surface area contributed by atoms with Gasteiger partial charge < -0.3 is 10.1 Å². The largest absolute Gasteiger partial charge is 0.494 e. The maximum Gasteiger partial charge on any atom is 0.244 e. The van der Waals surface area contributed by atoms with Crippen LogP contribution in [0.3, 0.4) is 0 Å². The van der Waals surface area contributed by atoms with Crippen LogP contribution in [0, 0.1) is 6.92 Å². The number of rotatable bonds is 7. The molecule has 2 aromatic carbocycles. The summed E-state index contributed by atoms with van der Waals surface area (Å²) >= 11 is 0. The van der Waals surface area contributed by atoms with Crippen LogP contribution in [-0.2, 0) is 4.79 Å². The number of carbonyl (C=O) groups is 1. The molecule has 0 saturated carbocycles. The summed E-state index contributed by atoms with van der Waals surface area (Å²) in [6.45, 7) is 6.55. The summed E-state index contributed by atoms with van der Waals surface area (Å²) in [6, 6.07) is 17.4. The lowest BCUT2D eigenvalue weighted by molar-refractivity contribution is -0.117. The molecule has 0 aliphatic carbocycles. The molecule has 1 heterocycles. The summed E-state index contributed by atoms with van der Waals surface area (Å²) in [7, 11) is 0. The molecule has 144 valence electrons. The van der Waals surface area contributed by atoms with E-state index in [1.165, 1.54) is 0 Å². The first-order valence-electron chi connectivity index (χ1n) is 9.40. The maximum atomic E-state index is 12.3. The zero-order valence-corrected chi connectivity index (χ0v) is 16.4. The number of hydrogen-bond donors (Lipinski definition) is 1. The van der Waals surface area contributed by atoms with E-state index >= 15 is 0 Å². The number of nitrogens with one attached hydrogen (secondary N) is 1. The number of carbonyl (C=O) groups excluding carboxylic acids is 1. The number of hydrogen-bond acceptors (Lipinski definition) is 3. The molecule has 0 bridgehead atoms. The van der Waals surface area contributed by atoms with Crippen molar-refractivity contribution < 1.29 is 9.53 Å². The molecule has 1 aromatic heterocycles. The molecule has 3 aromatic rings. The molecule has 0 aliphatic rings. The summed E-state index contributed by atoms with van der Waals surface area (Å²) in [5, 5.41) is 7.47. The highest BCUT2D eigenvalue weighted by Crippen LogP contribution is 2.20. The molecular formula is C23H25N3O2. The van der Waals surface area contributed by atoms with Crippen LogP contribution in [0.25, 0.3) is 11.8 Å². The molecule has 3 rings (SSSR count). The van der Waals surface area contributed by atoms with Gasteiger partial charge in [0.15, 0.2) is 0 Å². The normalized spacial score (nSPS) is 12.1. The number of amides is 1. The Kier molecular flexibility index (Phi) is 6.27. The molecule has 0 unspecified atom stereocenters. The van der Waals surface area contributed by atoms with E-state index < -0.39 is 0 Å². The highest BCUT2D eigenvalue weighted by molar-refractivity contribution is 5.92. The first-order chi connectivity index (χ1) is 13.6. The van der Waals surface area contributed by atoms with Crippen molar-refractivity contribution in [2.75, 3.05) is 6.61 Å². The topological polar surface area (TPSA) is 56.1 Å². The predicted octanol–water partition coefficient (Wildman–Crippen LogP) is 4.47. The molecule has 1 N–H and O–H groups in total. The van der Waals surface area contributed by atoms with E-state index in [0.717, 1.165) is 28.3 Å². The van der Waals surface area contributed by atoms with Crippen LogP contribution in [-0.4, -0.2) is 22.3 Å². The average Bonchev–Trinajstić information content (AvgIpc) is 3.10. The predicted molar refractivity (Wildman–Crippen MR) is 112 cm³/mol. The zero-order chi connectivity index (χ0) is 19.9. The number of para-hydroxylation sites is 1. The minimum atomic E-state index is -0.145. The standard InChI is InChI=1S/C23H25N3O2/c1-4-28-21-13-10-19(11-14-21)12-15-23(27)25-17(2)22-16-24-26(18(22)3)20-8-6-5-7-9-20/h5-17H,4H2,1-3H3,(H,25,27)/b15-12+/t17-/m0/s1. The summed E-state index contributed by atoms with van der Waals surface area (Å²) in [4.78, 5) is 12.3. The van der Waals surface area contributed by atoms with Crippen molar-refractivity contribution >= 4 is 12.0 Å². The van der Waals surface area contributed by atoms with E-state index in [9.17, 15) is 4.79 Å². The third kappa shape index (κ3) is 4.68. The highest BCUT2D eigenvalue weighted by Gasteiger charge is 2.15. The number of nitrogens with zero attached hydrogens (tertiary/aromatic N) is 2. The second-order valence-electron chi connectivity index (χ2n) is 6.50. The van der Waals surface area contributed by atoms with Crippen LogP contribution in [0.2, 0.25) is 0 Å². The molecule has 0 aliphatic heterocycles. The Hall–Kier alpha value is -3.34. The molecule has 0 spiro atoms. The molecule has 5 heteroatoms. The average molecular weight is 375 g/mol. The van der Waals surface area contributed by atoms with Gasteiger partial charge in [-0.05, 0) is 56.7 Å². The van der Waals surface area contributed by atoms with E-state index in [2.05, 4.69) is 10.4 Å². The van der Waals surface area contributed by atoms with Gasteiger partial charge in [0.25, 0.3) is 0 Å². The first-order valence-corrected chi connectivity index (χ1v) is 9.40. The minimum absolute atomic E-state index is 0.144. The highest BCUT2D eigenvalue weighted by atomic mass is 16.5. The Morgan fingerprint density at radius 1 is 1.18 bits per heavy atom. The van der Waals surface area contributed by atoms with Gasteiger partial charge in [0.2, 0.25) is 5.91 Å². The molecule has 0 saturated heterocycles. The van der Waals surface area contributed by atoms with Gasteiger partial charge in [0, 0.05) is 17.3 Å². The first kappa shape index (κ1) is 19.4. The van der Waals surface area contributed by atoms with Gasteiger partial charge in [-0.3, -0.25) is 4.79 Å². The van der Waals surface area contributed by atoms with E-state index in [4.69, 9.17) is 4.74 Å². The van der Waals surface area contributed by atoms with E-state index in [0.29, 0.717) is 6.61 Å². The number of aromatic nitrogens is 2. The molecule has 1 amide bonds. The molecule has 28 heavy (non-hydrogen) atoms. The summed E-state index contributed by atoms with van der Waals surface area (Å²) in [5.74, 6) is 0.678. The lowest BCUT2D eigenvalue weighted by Crippen LogP contribution is -2.25. The van der Waals surface area contributed by atoms with Crippen LogP contribution < -0.4 is 10.1 Å². The maximum absolute atomic E-state index is 12.3. The van der Waals surface area contributed by atoms with Crippen LogP contribution in [0.1, 0.15) is 36.7 Å². The Labute approximate surface area is 165 Å². The Morgan fingerprint density at radius 3 is 2.57 bits per heavy atom. The Morgan fingerprint density at radius 2 is 1.89 bits per heavy atom. The van der Waals surface area contributed by atoms with E-state index in [1.807, 2.05) is 86.2 Å². The minimum Gasteiger partial charge on any atom is -0.494 e. The second kappa shape index (κ2) is 9.04. The third-order valence-corrected chi connectivity index (χ3v) is 4.49. The number of benzene rings is 2.